The van der Waals surface area contributed by atoms with E-state index in [2.05, 4.69) is 36.1 Å². The van der Waals surface area contributed by atoms with Crippen molar-refractivity contribution in [3.63, 3.8) is 0 Å². The average molecular weight is 474 g/mol. The molecule has 2 heterocycles. The zero-order chi connectivity index (χ0) is 22.8. The number of carbonyl (C=O) groups excluding carboxylic acids is 1. The summed E-state index contributed by atoms with van der Waals surface area (Å²) in [5.41, 5.74) is 2.75. The van der Waals surface area contributed by atoms with Crippen molar-refractivity contribution in [2.75, 3.05) is 18.0 Å². The number of rotatable bonds is 5. The molecule has 0 atom stereocenters. The highest BCUT2D eigenvalue weighted by Crippen LogP contribution is 2.50. The van der Waals surface area contributed by atoms with E-state index in [1.54, 1.807) is 34.9 Å². The number of aliphatic imine (C=N–C) groups is 1. The molecule has 0 bridgehead atoms. The van der Waals surface area contributed by atoms with Crippen LogP contribution < -0.4 is 4.90 Å². The molecule has 0 saturated carbocycles. The Hall–Kier alpha value is -3.16. The van der Waals surface area contributed by atoms with Gasteiger partial charge in [0.15, 0.2) is 5.17 Å². The summed E-state index contributed by atoms with van der Waals surface area (Å²) in [5.74, 6) is 0.0545. The number of hydrogen-bond acceptors (Lipinski definition) is 6. The first-order valence-corrected chi connectivity index (χ1v) is 12.5. The fourth-order valence-electron chi connectivity index (χ4n) is 3.88. The van der Waals surface area contributed by atoms with E-state index in [-0.39, 0.29) is 11.7 Å². The van der Waals surface area contributed by atoms with Gasteiger partial charge in [-0.15, -0.1) is 0 Å². The third kappa shape index (κ3) is 4.26. The summed E-state index contributed by atoms with van der Waals surface area (Å²) in [6.45, 7) is 3.38. The summed E-state index contributed by atoms with van der Waals surface area (Å²) >= 11 is 3.02. The molecule has 3 aromatic carbocycles. The number of benzene rings is 3. The molecule has 0 aromatic heterocycles. The van der Waals surface area contributed by atoms with Crippen LogP contribution in [-0.2, 0) is 11.2 Å². The van der Waals surface area contributed by atoms with Gasteiger partial charge in [0.25, 0.3) is 5.91 Å². The lowest BCUT2D eigenvalue weighted by molar-refractivity contribution is -0.122. The lowest BCUT2D eigenvalue weighted by Gasteiger charge is -2.19. The van der Waals surface area contributed by atoms with E-state index in [0.29, 0.717) is 22.3 Å². The highest BCUT2D eigenvalue weighted by molar-refractivity contribution is 8.19. The summed E-state index contributed by atoms with van der Waals surface area (Å²) in [5, 5.41) is 11.8. The van der Waals surface area contributed by atoms with Gasteiger partial charge in [-0.2, -0.15) is 0 Å². The molecule has 0 spiro atoms. The number of phenolic OH excluding ortho intramolecular Hbond substituents is 1. The molecule has 0 aliphatic carbocycles. The second-order valence-corrected chi connectivity index (χ2v) is 9.63. The van der Waals surface area contributed by atoms with Gasteiger partial charge >= 0.3 is 0 Å². The molecule has 3 aromatic rings. The second-order valence-electron chi connectivity index (χ2n) is 7.63. The van der Waals surface area contributed by atoms with Crippen molar-refractivity contribution in [2.24, 2.45) is 4.99 Å². The van der Waals surface area contributed by atoms with Crippen molar-refractivity contribution in [1.82, 2.24) is 4.90 Å². The number of fused-ring (bicyclic) bond motifs is 1. The lowest BCUT2D eigenvalue weighted by Crippen LogP contribution is -2.32. The number of anilines is 1. The van der Waals surface area contributed by atoms with Crippen LogP contribution in [0.1, 0.15) is 12.5 Å². The molecule has 166 valence electrons. The Morgan fingerprint density at radius 1 is 0.879 bits per heavy atom. The largest absolute Gasteiger partial charge is 0.506 e. The van der Waals surface area contributed by atoms with Crippen LogP contribution in [-0.4, -0.2) is 34.2 Å². The smallest absolute Gasteiger partial charge is 0.269 e. The van der Waals surface area contributed by atoms with E-state index in [9.17, 15) is 9.90 Å². The number of nitrogens with zero attached hydrogens (tertiary/aromatic N) is 3. The van der Waals surface area contributed by atoms with Crippen LogP contribution in [0.2, 0.25) is 0 Å². The molecule has 0 radical (unpaired) electrons. The fourth-order valence-corrected chi connectivity index (χ4v) is 6.29. The summed E-state index contributed by atoms with van der Waals surface area (Å²) in [4.78, 5) is 24.1. The molecular formula is C26H23N3O2S2. The summed E-state index contributed by atoms with van der Waals surface area (Å²) < 4.78 is 0. The van der Waals surface area contributed by atoms with Gasteiger partial charge in [-0.05, 0) is 54.9 Å². The van der Waals surface area contributed by atoms with Gasteiger partial charge in [0.05, 0.1) is 5.69 Å². The van der Waals surface area contributed by atoms with Crippen molar-refractivity contribution >= 4 is 46.0 Å². The minimum Gasteiger partial charge on any atom is -0.506 e. The van der Waals surface area contributed by atoms with E-state index < -0.39 is 0 Å². The molecule has 7 heteroatoms. The van der Waals surface area contributed by atoms with Gasteiger partial charge < -0.3 is 10.0 Å². The Morgan fingerprint density at radius 2 is 1.61 bits per heavy atom. The van der Waals surface area contributed by atoms with Crippen molar-refractivity contribution in [3.8, 4) is 5.75 Å². The quantitative estimate of drug-likeness (QED) is 0.461. The zero-order valence-electron chi connectivity index (χ0n) is 18.1. The predicted octanol–water partition coefficient (Wildman–Crippen LogP) is 6.00. The first kappa shape index (κ1) is 21.7. The van der Waals surface area contributed by atoms with Crippen LogP contribution in [0.15, 0.2) is 98.7 Å². The number of hydrogen-bond donors (Lipinski definition) is 1. The Balaban J connectivity index is 1.53. The maximum atomic E-state index is 13.7. The second kappa shape index (κ2) is 9.37. The maximum Gasteiger partial charge on any atom is 0.269 e. The number of aromatic hydroxyl groups is 1. The van der Waals surface area contributed by atoms with Crippen LogP contribution in [0.4, 0.5) is 11.4 Å². The maximum absolute atomic E-state index is 13.7. The van der Waals surface area contributed by atoms with Gasteiger partial charge in [-0.25, -0.2) is 4.99 Å². The van der Waals surface area contributed by atoms with E-state index in [1.165, 1.54) is 11.8 Å². The van der Waals surface area contributed by atoms with Crippen LogP contribution in [0.25, 0.3) is 0 Å². The van der Waals surface area contributed by atoms with Gasteiger partial charge in [-0.1, -0.05) is 66.4 Å². The lowest BCUT2D eigenvalue weighted by atomic mass is 10.1. The molecule has 5 nitrogen and oxygen atoms in total. The zero-order valence-corrected chi connectivity index (χ0v) is 19.8. The minimum atomic E-state index is -0.0427. The number of carbonyl (C=O) groups is 1. The van der Waals surface area contributed by atoms with Crippen molar-refractivity contribution in [1.29, 1.82) is 0 Å². The van der Waals surface area contributed by atoms with E-state index in [0.717, 1.165) is 34.1 Å². The first-order valence-electron chi connectivity index (χ1n) is 10.8. The van der Waals surface area contributed by atoms with Gasteiger partial charge in [0.2, 0.25) is 0 Å². The number of phenols is 1. The third-order valence-electron chi connectivity index (χ3n) is 5.55. The van der Waals surface area contributed by atoms with E-state index >= 15 is 0 Å². The number of amides is 1. The van der Waals surface area contributed by atoms with Gasteiger partial charge in [-0.3, -0.25) is 9.69 Å². The molecule has 2 aliphatic rings. The Morgan fingerprint density at radius 3 is 2.39 bits per heavy atom. The summed E-state index contributed by atoms with van der Waals surface area (Å²) in [6.07, 6.45) is 0.723. The third-order valence-corrected chi connectivity index (χ3v) is 7.93. The van der Waals surface area contributed by atoms with Gasteiger partial charge in [0.1, 0.15) is 21.4 Å². The minimum absolute atomic E-state index is 0.0427. The Labute approximate surface area is 201 Å². The normalized spacial score (nSPS) is 18.9. The number of thioether (sulfide) groups is 2. The van der Waals surface area contributed by atoms with Crippen LogP contribution in [0, 0.1) is 0 Å². The average Bonchev–Trinajstić information content (AvgIpc) is 3.36. The highest BCUT2D eigenvalue weighted by atomic mass is 32.2. The van der Waals surface area contributed by atoms with Gasteiger partial charge in [0, 0.05) is 18.0 Å². The topological polar surface area (TPSA) is 56.1 Å². The SMILES string of the molecule is CCN1C(=C2SC(=Nc3ccccc3O)N(CCc3ccccc3)C2=O)Sc2ccccc21. The van der Waals surface area contributed by atoms with E-state index in [1.807, 2.05) is 36.4 Å². The monoisotopic (exact) mass is 473 g/mol. The molecule has 33 heavy (non-hydrogen) atoms. The van der Waals surface area contributed by atoms with Crippen LogP contribution >= 0.6 is 23.5 Å². The molecule has 1 fully saturated rings. The summed E-state index contributed by atoms with van der Waals surface area (Å²) in [6, 6.07) is 25.3. The van der Waals surface area contributed by atoms with Crippen molar-refractivity contribution < 1.29 is 9.90 Å². The highest BCUT2D eigenvalue weighted by Gasteiger charge is 2.39. The fraction of sp³-hybridized carbons (Fsp3) is 0.154. The summed E-state index contributed by atoms with van der Waals surface area (Å²) in [7, 11) is 0. The number of amidine groups is 1. The Kier molecular flexibility index (Phi) is 6.15. The molecule has 2 aliphatic heterocycles. The van der Waals surface area contributed by atoms with Crippen molar-refractivity contribution in [3.05, 3.63) is 94.4 Å². The Bertz CT molecular complexity index is 1260. The molecule has 1 N–H and O–H groups in total. The van der Waals surface area contributed by atoms with E-state index in [4.69, 9.17) is 4.99 Å². The molecule has 0 unspecified atom stereocenters. The van der Waals surface area contributed by atoms with Crippen LogP contribution in [0.5, 0.6) is 5.75 Å². The molecular weight excluding hydrogens is 450 g/mol. The van der Waals surface area contributed by atoms with Crippen LogP contribution in [0.3, 0.4) is 0 Å². The predicted molar refractivity (Wildman–Crippen MR) is 137 cm³/mol. The van der Waals surface area contributed by atoms with Crippen molar-refractivity contribution in [2.45, 2.75) is 18.2 Å². The standard InChI is InChI=1S/C26H23N3O2S2/c1-2-28-20-13-7-9-15-22(20)32-25(28)23-24(31)29(17-16-18-10-4-3-5-11-18)26(33-23)27-19-12-6-8-14-21(19)30/h3-15,30H,2,16-17H2,1H3. The molecule has 1 amide bonds. The molecule has 1 saturated heterocycles. The number of para-hydroxylation sites is 3. The first-order chi connectivity index (χ1) is 16.2. The molecule has 5 rings (SSSR count).